The van der Waals surface area contributed by atoms with E-state index in [-0.39, 0.29) is 26.7 Å². The Bertz CT molecular complexity index is 1160. The number of hydrogen-bond donors (Lipinski definition) is 2. The van der Waals surface area contributed by atoms with Crippen molar-refractivity contribution in [3.63, 3.8) is 0 Å². The standard InChI is InChI=1S/C16H21N3O2/c1-19(2)6-5-12-9-17-15-4-3-11(8-14(12)15)7-13-10-21-16(20)18-13/h3-4,8-9,13,17H,5-7,10H2,1-2H3,(H,18,20)/t13-/m0/s1/i1D3,2D3,3D,4D,7D2,8D,9D/hD2. The molecule has 1 aliphatic heterocycles. The van der Waals surface area contributed by atoms with Crippen LogP contribution < -0.4 is 5.31 Å². The topological polar surface area (TPSA) is 57.4 Å². The van der Waals surface area contributed by atoms with E-state index in [1.807, 2.05) is 0 Å². The third-order valence-corrected chi connectivity index (χ3v) is 2.92. The Morgan fingerprint density at radius 2 is 2.52 bits per heavy atom. The highest BCUT2D eigenvalue weighted by molar-refractivity contribution is 5.84. The van der Waals surface area contributed by atoms with Gasteiger partial charge in [0.1, 0.15) is 6.61 Å². The van der Waals surface area contributed by atoms with Gasteiger partial charge in [-0.25, -0.2) is 4.79 Å². The molecule has 5 heteroatoms. The van der Waals surface area contributed by atoms with Crippen molar-refractivity contribution in [3.8, 4) is 0 Å². The molecule has 0 spiro atoms. The second-order valence-electron chi connectivity index (χ2n) is 4.44. The number of aromatic amines is 1. The summed E-state index contributed by atoms with van der Waals surface area (Å²) < 4.78 is 116. The molecule has 21 heavy (non-hydrogen) atoms. The van der Waals surface area contributed by atoms with Crippen molar-refractivity contribution < 1.29 is 28.8 Å². The van der Waals surface area contributed by atoms with Crippen LogP contribution in [0.3, 0.4) is 0 Å². The summed E-state index contributed by atoms with van der Waals surface area (Å²) in [5.74, 6) is 0. The quantitative estimate of drug-likeness (QED) is 0.887. The molecule has 1 aromatic carbocycles. The summed E-state index contributed by atoms with van der Waals surface area (Å²) in [4.78, 5) is 12.3. The van der Waals surface area contributed by atoms with E-state index >= 15 is 0 Å². The second kappa shape index (κ2) is 5.77. The number of likely N-dealkylation sites (N-methyl/N-ethyl adjacent to an activating group) is 1. The molecule has 0 aliphatic carbocycles. The molecule has 1 aromatic heterocycles. The molecule has 0 saturated carbocycles. The number of H-pyrrole nitrogens is 1. The number of nitrogens with one attached hydrogen (secondary N) is 2. The van der Waals surface area contributed by atoms with Gasteiger partial charge in [0.2, 0.25) is 0 Å². The van der Waals surface area contributed by atoms with Crippen LogP contribution in [0.2, 0.25) is 2.82 Å². The van der Waals surface area contributed by atoms with E-state index in [1.54, 1.807) is 0 Å². The normalized spacial score (nSPS) is 30.2. The Morgan fingerprint density at radius 1 is 1.62 bits per heavy atom. The van der Waals surface area contributed by atoms with Gasteiger partial charge in [0.15, 0.2) is 2.82 Å². The van der Waals surface area contributed by atoms with E-state index in [2.05, 4.69) is 4.74 Å². The number of nitrogens with zero attached hydrogens (tertiary/aromatic N) is 1. The van der Waals surface area contributed by atoms with Crippen LogP contribution in [0.4, 0.5) is 4.79 Å². The van der Waals surface area contributed by atoms with Crippen molar-refractivity contribution in [2.45, 2.75) is 18.8 Å². The van der Waals surface area contributed by atoms with E-state index in [9.17, 15) is 4.79 Å². The number of amides is 1. The zero-order chi connectivity index (χ0) is 26.8. The Hall–Kier alpha value is -2.01. The van der Waals surface area contributed by atoms with Crippen LogP contribution in [0.1, 0.15) is 27.6 Å². The second-order valence-corrected chi connectivity index (χ2v) is 4.44. The van der Waals surface area contributed by atoms with Crippen molar-refractivity contribution >= 4 is 17.0 Å². The maximum atomic E-state index is 11.6. The predicted octanol–water partition coefficient (Wildman–Crippen LogP) is 1.92. The fourth-order valence-electron chi connectivity index (χ4n) is 1.95. The van der Waals surface area contributed by atoms with Gasteiger partial charge in [-0.2, -0.15) is 0 Å². The van der Waals surface area contributed by atoms with E-state index in [1.165, 1.54) is 0 Å². The molecular formula is C16H21N3O2. The SMILES string of the molecule is [2H]c1c(C([2H])([2H])[C@H]2COC(=O)N2[2H])c([2H])c2c(CCN(C([2H])([2H])[2H])C([2H])([2H])[2H])c([2H])n([2H])c2c1[2H]. The average Bonchev–Trinajstić information content (AvgIpc) is 3.16. The summed E-state index contributed by atoms with van der Waals surface area (Å²) in [6.07, 6.45) is -4.89. The minimum atomic E-state index is -3.03. The average molecular weight is 301 g/mol. The highest BCUT2D eigenvalue weighted by atomic mass is 16.6. The summed E-state index contributed by atoms with van der Waals surface area (Å²) in [6, 6.07) is -3.74. The first-order valence-corrected chi connectivity index (χ1v) is 6.19. The molecule has 5 nitrogen and oxygen atoms in total. The van der Waals surface area contributed by atoms with Gasteiger partial charge in [-0.05, 0) is 50.0 Å². The molecule has 0 unspecified atom stereocenters. The molecule has 1 amide bonds. The zero-order valence-corrected chi connectivity index (χ0v) is 10.9. The number of rotatable bonds is 5. The minimum absolute atomic E-state index is 0.175. The number of carbonyl (C=O) groups excluding carboxylic acids is 1. The van der Waals surface area contributed by atoms with E-state index in [0.29, 0.717) is 4.98 Å². The molecule has 0 bridgehead atoms. The number of fused-ring (bicyclic) bond motifs is 1. The van der Waals surface area contributed by atoms with E-state index in [4.69, 9.17) is 19.3 Å². The maximum absolute atomic E-state index is 11.6. The maximum Gasteiger partial charge on any atom is 0.407 e. The van der Waals surface area contributed by atoms with E-state index < -0.39 is 81.9 Å². The van der Waals surface area contributed by atoms with Gasteiger partial charge in [-0.1, -0.05) is 6.04 Å². The monoisotopic (exact) mass is 301 g/mol. The number of aromatic nitrogens is 1. The lowest BCUT2D eigenvalue weighted by molar-refractivity contribution is 0.177. The summed E-state index contributed by atoms with van der Waals surface area (Å²) in [7, 11) is 0. The first kappa shape index (κ1) is 5.02. The van der Waals surface area contributed by atoms with Crippen molar-refractivity contribution in [1.82, 2.24) is 15.2 Å². The largest absolute Gasteiger partial charge is 0.447 e. The van der Waals surface area contributed by atoms with Crippen LogP contribution in [-0.4, -0.2) is 49.1 Å². The molecule has 1 aliphatic rings. The molecule has 0 radical (unpaired) electrons. The third-order valence-electron chi connectivity index (χ3n) is 2.92. The summed E-state index contributed by atoms with van der Waals surface area (Å²) >= 11 is 0. The number of carbonyl (C=O) groups is 1. The van der Waals surface area contributed by atoms with Gasteiger partial charge >= 0.3 is 6.09 Å². The molecule has 1 saturated heterocycles. The van der Waals surface area contributed by atoms with Gasteiger partial charge in [0, 0.05) is 34.6 Å². The van der Waals surface area contributed by atoms with Crippen LogP contribution in [-0.2, 0) is 17.5 Å². The Balaban J connectivity index is 2.22. The van der Waals surface area contributed by atoms with Crippen LogP contribution in [0.25, 0.3) is 10.9 Å². The molecule has 1 atom stereocenters. The summed E-state index contributed by atoms with van der Waals surface area (Å²) in [6.45, 7) is -7.25. The lowest BCUT2D eigenvalue weighted by Gasteiger charge is -2.09. The molecule has 3 rings (SSSR count). The fraction of sp³-hybridized carbons (Fsp3) is 0.438. The van der Waals surface area contributed by atoms with Crippen LogP contribution in [0, 0.1) is 0 Å². The predicted molar refractivity (Wildman–Crippen MR) is 82.5 cm³/mol. The van der Waals surface area contributed by atoms with Gasteiger partial charge in [0.25, 0.3) is 0 Å². The number of ether oxygens (including phenoxy) is 1. The third kappa shape index (κ3) is 3.19. The first-order chi connectivity index (χ1) is 15.8. The zero-order valence-electron chi connectivity index (χ0n) is 24.9. The van der Waals surface area contributed by atoms with Crippen molar-refractivity contribution in [2.24, 2.45) is 0 Å². The Labute approximate surface area is 144 Å². The number of hydrogen-bond acceptors (Lipinski definition) is 3. The van der Waals surface area contributed by atoms with Gasteiger partial charge in [-0.15, -0.1) is 0 Å². The molecule has 112 valence electrons. The van der Waals surface area contributed by atoms with Crippen LogP contribution in [0.5, 0.6) is 0 Å². The van der Waals surface area contributed by atoms with Crippen LogP contribution in [0.15, 0.2) is 24.3 Å². The molecule has 2 N–H and O–H groups in total. The number of benzene rings is 1. The highest BCUT2D eigenvalue weighted by Crippen LogP contribution is 2.21. The summed E-state index contributed by atoms with van der Waals surface area (Å²) in [5, 5.41) is -0.0633. The van der Waals surface area contributed by atoms with Gasteiger partial charge in [-0.3, -0.25) is 0 Å². The van der Waals surface area contributed by atoms with E-state index in [0.717, 1.165) is 0 Å². The van der Waals surface area contributed by atoms with Crippen molar-refractivity contribution in [3.05, 3.63) is 35.4 Å². The number of cyclic esters (lactones) is 1. The Kier molecular flexibility index (Phi) is 1.38. The highest BCUT2D eigenvalue weighted by Gasteiger charge is 2.22. The summed E-state index contributed by atoms with van der Waals surface area (Å²) in [5.41, 5.74) is -1.23. The lowest BCUT2D eigenvalue weighted by Crippen LogP contribution is -2.28. The van der Waals surface area contributed by atoms with Gasteiger partial charge in [0.05, 0.1) is 11.5 Å². The fourth-order valence-corrected chi connectivity index (χ4v) is 1.95. The van der Waals surface area contributed by atoms with Crippen molar-refractivity contribution in [1.29, 1.82) is 0 Å². The van der Waals surface area contributed by atoms with Crippen molar-refractivity contribution in [2.75, 3.05) is 27.1 Å². The van der Waals surface area contributed by atoms with Gasteiger partial charge < -0.3 is 19.9 Å². The lowest BCUT2D eigenvalue weighted by atomic mass is 10.0. The molecule has 1 fully saturated rings. The van der Waals surface area contributed by atoms with Crippen LogP contribution >= 0.6 is 0 Å². The number of alkyl carbamates (subject to hydrolysis) is 1. The molecule has 2 heterocycles. The molecule has 2 aromatic rings. The Morgan fingerprint density at radius 3 is 3.29 bits per heavy atom. The molecular weight excluding hydrogens is 266 g/mol. The smallest absolute Gasteiger partial charge is 0.407 e. The minimum Gasteiger partial charge on any atom is -0.447 e. The first-order valence-electron chi connectivity index (χ1n) is 13.1.